The van der Waals surface area contributed by atoms with Crippen molar-refractivity contribution in [2.75, 3.05) is 13.2 Å². The molecule has 0 spiro atoms. The van der Waals surface area contributed by atoms with Gasteiger partial charge in [-0.3, -0.25) is 14.4 Å². The highest BCUT2D eigenvalue weighted by molar-refractivity contribution is 5.71. The van der Waals surface area contributed by atoms with E-state index in [0.717, 1.165) is 122 Å². The Hall–Kier alpha value is -3.93. The molecule has 1 unspecified atom stereocenters. The molecular formula is C73H124O6. The van der Waals surface area contributed by atoms with Gasteiger partial charge in [-0.25, -0.2) is 0 Å². The quantitative estimate of drug-likeness (QED) is 0.0261. The molecule has 0 rings (SSSR count). The molecule has 0 aliphatic carbocycles. The average molecular weight is 1100 g/mol. The second-order valence-corrected chi connectivity index (χ2v) is 22.0. The highest BCUT2D eigenvalue weighted by Crippen LogP contribution is 2.16. The Bertz CT molecular complexity index is 1590. The number of ether oxygens (including phenoxy) is 3. The Kier molecular flexibility index (Phi) is 63.3. The summed E-state index contributed by atoms with van der Waals surface area (Å²) in [5.41, 5.74) is 0. The molecule has 0 N–H and O–H groups in total. The third kappa shape index (κ3) is 64.8. The fourth-order valence-corrected chi connectivity index (χ4v) is 9.22. The van der Waals surface area contributed by atoms with E-state index in [0.29, 0.717) is 19.3 Å². The van der Waals surface area contributed by atoms with Crippen molar-refractivity contribution in [2.45, 2.75) is 322 Å². The molecule has 79 heavy (non-hydrogen) atoms. The third-order valence-electron chi connectivity index (χ3n) is 14.2. The minimum atomic E-state index is -0.790. The van der Waals surface area contributed by atoms with Crippen LogP contribution < -0.4 is 0 Å². The third-order valence-corrected chi connectivity index (χ3v) is 14.2. The maximum atomic E-state index is 12.9. The van der Waals surface area contributed by atoms with Crippen LogP contribution in [0.1, 0.15) is 316 Å². The molecule has 0 aliphatic heterocycles. The Morgan fingerprint density at radius 3 is 0.823 bits per heavy atom. The molecule has 0 bridgehead atoms. The first-order chi connectivity index (χ1) is 39.0. The molecule has 0 aliphatic rings. The van der Waals surface area contributed by atoms with Crippen LogP contribution in [0, 0.1) is 0 Å². The van der Waals surface area contributed by atoms with Gasteiger partial charge in [0.2, 0.25) is 0 Å². The molecular weight excluding hydrogens is 973 g/mol. The summed E-state index contributed by atoms with van der Waals surface area (Å²) < 4.78 is 16.9. The number of carbonyl (C=O) groups is 3. The van der Waals surface area contributed by atoms with Gasteiger partial charge in [-0.15, -0.1) is 0 Å². The predicted molar refractivity (Wildman–Crippen MR) is 343 cm³/mol. The molecule has 0 fully saturated rings. The molecule has 0 radical (unpaired) electrons. The molecule has 0 saturated carbocycles. The largest absolute Gasteiger partial charge is 0.462 e. The van der Waals surface area contributed by atoms with Gasteiger partial charge in [0.05, 0.1) is 0 Å². The standard InChI is InChI=1S/C73H124O6/c1-4-7-10-13-16-19-22-24-26-28-30-32-33-34-35-36-37-38-39-41-42-44-46-48-51-54-57-60-63-66-72(75)78-69-70(68-77-71(74)65-62-59-56-53-50-21-18-15-12-9-6-3)79-73(76)67-64-61-58-55-52-49-47-45-43-40-31-29-27-25-23-20-17-14-11-8-5-2/h7,10,15-16,18-19,23-26,29-32,34-35,43,45,70H,4-6,8-9,11-14,17,20-22,27-28,33,36-42,44,46-69H2,1-3H3/b10-7-,18-15-,19-16-,25-23-,26-24-,31-29-,32-30-,35-34-,45-43-. The van der Waals surface area contributed by atoms with E-state index < -0.39 is 6.10 Å². The predicted octanol–water partition coefficient (Wildman–Crippen LogP) is 23.0. The van der Waals surface area contributed by atoms with Crippen molar-refractivity contribution in [2.24, 2.45) is 0 Å². The van der Waals surface area contributed by atoms with E-state index in [1.54, 1.807) is 0 Å². The fourth-order valence-electron chi connectivity index (χ4n) is 9.22. The maximum absolute atomic E-state index is 12.9. The minimum absolute atomic E-state index is 0.0861. The number of hydrogen-bond acceptors (Lipinski definition) is 6. The van der Waals surface area contributed by atoms with E-state index in [4.69, 9.17) is 14.2 Å². The van der Waals surface area contributed by atoms with Crippen molar-refractivity contribution >= 4 is 17.9 Å². The van der Waals surface area contributed by atoms with Gasteiger partial charge in [0, 0.05) is 19.3 Å². The van der Waals surface area contributed by atoms with Crippen LogP contribution in [0.5, 0.6) is 0 Å². The normalized spacial score (nSPS) is 12.8. The van der Waals surface area contributed by atoms with Crippen LogP contribution in [0.4, 0.5) is 0 Å². The first-order valence-electron chi connectivity index (χ1n) is 33.4. The lowest BCUT2D eigenvalue weighted by atomic mass is 10.0. The van der Waals surface area contributed by atoms with Gasteiger partial charge >= 0.3 is 17.9 Å². The fraction of sp³-hybridized carbons (Fsp3) is 0.712. The topological polar surface area (TPSA) is 78.9 Å². The van der Waals surface area contributed by atoms with Crippen LogP contribution in [0.15, 0.2) is 109 Å². The van der Waals surface area contributed by atoms with Crippen LogP contribution in [-0.2, 0) is 28.6 Å². The van der Waals surface area contributed by atoms with Crippen molar-refractivity contribution < 1.29 is 28.6 Å². The molecule has 1 atom stereocenters. The molecule has 0 heterocycles. The Morgan fingerprint density at radius 2 is 0.506 bits per heavy atom. The van der Waals surface area contributed by atoms with Gasteiger partial charge in [0.15, 0.2) is 6.10 Å². The Labute approximate surface area is 489 Å². The maximum Gasteiger partial charge on any atom is 0.306 e. The smallest absolute Gasteiger partial charge is 0.306 e. The number of esters is 3. The number of hydrogen-bond donors (Lipinski definition) is 0. The molecule has 0 saturated heterocycles. The summed E-state index contributed by atoms with van der Waals surface area (Å²) in [6, 6.07) is 0. The average Bonchev–Trinajstić information content (AvgIpc) is 3.45. The van der Waals surface area contributed by atoms with Crippen LogP contribution in [-0.4, -0.2) is 37.2 Å². The molecule has 0 aromatic rings. The summed E-state index contributed by atoms with van der Waals surface area (Å²) in [6.45, 7) is 6.48. The zero-order valence-corrected chi connectivity index (χ0v) is 51.9. The summed E-state index contributed by atoms with van der Waals surface area (Å²) >= 11 is 0. The summed E-state index contributed by atoms with van der Waals surface area (Å²) in [6.07, 6.45) is 91.0. The number of carbonyl (C=O) groups excluding carboxylic acids is 3. The van der Waals surface area contributed by atoms with Gasteiger partial charge < -0.3 is 14.2 Å². The van der Waals surface area contributed by atoms with Gasteiger partial charge in [-0.1, -0.05) is 284 Å². The van der Waals surface area contributed by atoms with Crippen molar-refractivity contribution in [3.63, 3.8) is 0 Å². The summed E-state index contributed by atoms with van der Waals surface area (Å²) in [7, 11) is 0. The highest BCUT2D eigenvalue weighted by Gasteiger charge is 2.19. The van der Waals surface area contributed by atoms with E-state index in [-0.39, 0.29) is 31.1 Å². The van der Waals surface area contributed by atoms with Crippen molar-refractivity contribution in [1.82, 2.24) is 0 Å². The molecule has 6 heteroatoms. The zero-order chi connectivity index (χ0) is 57.1. The van der Waals surface area contributed by atoms with Crippen LogP contribution in [0.2, 0.25) is 0 Å². The molecule has 452 valence electrons. The summed E-state index contributed by atoms with van der Waals surface area (Å²) in [5, 5.41) is 0. The SMILES string of the molecule is CC/C=C\C/C=C\C/C=C\C/C=C\C/C=C\CCCCCCCCCCCCCCCC(=O)OCC(COC(=O)CCCCCCC/C=C\CCCC)OC(=O)CCCCCCCC/C=C\C/C=C\C/C=C\CCCCCCC. The van der Waals surface area contributed by atoms with E-state index in [1.165, 1.54) is 154 Å². The number of unbranched alkanes of at least 4 members (excludes halogenated alkanes) is 31. The number of allylic oxidation sites excluding steroid dienone is 18. The van der Waals surface area contributed by atoms with E-state index in [2.05, 4.69) is 130 Å². The van der Waals surface area contributed by atoms with Gasteiger partial charge in [-0.2, -0.15) is 0 Å². The highest BCUT2D eigenvalue weighted by atomic mass is 16.6. The van der Waals surface area contributed by atoms with E-state index >= 15 is 0 Å². The van der Waals surface area contributed by atoms with Crippen molar-refractivity contribution in [3.8, 4) is 0 Å². The first-order valence-corrected chi connectivity index (χ1v) is 33.4. The second-order valence-electron chi connectivity index (χ2n) is 22.0. The van der Waals surface area contributed by atoms with E-state index in [1.807, 2.05) is 0 Å². The van der Waals surface area contributed by atoms with Crippen molar-refractivity contribution in [1.29, 1.82) is 0 Å². The summed E-state index contributed by atoms with van der Waals surface area (Å²) in [5.74, 6) is -0.901. The van der Waals surface area contributed by atoms with Crippen LogP contribution in [0.25, 0.3) is 0 Å². The first kappa shape index (κ1) is 75.1. The monoisotopic (exact) mass is 1100 g/mol. The molecule has 0 amide bonds. The zero-order valence-electron chi connectivity index (χ0n) is 51.9. The second kappa shape index (κ2) is 66.6. The lowest BCUT2D eigenvalue weighted by molar-refractivity contribution is -0.167. The molecule has 0 aromatic heterocycles. The number of rotatable bonds is 60. The van der Waals surface area contributed by atoms with Crippen LogP contribution >= 0.6 is 0 Å². The van der Waals surface area contributed by atoms with Gasteiger partial charge in [0.1, 0.15) is 13.2 Å². The van der Waals surface area contributed by atoms with Crippen molar-refractivity contribution in [3.05, 3.63) is 109 Å². The lowest BCUT2D eigenvalue weighted by Crippen LogP contribution is -2.30. The Balaban J connectivity index is 4.26. The van der Waals surface area contributed by atoms with E-state index in [9.17, 15) is 14.4 Å². The molecule has 6 nitrogen and oxygen atoms in total. The van der Waals surface area contributed by atoms with Gasteiger partial charge in [0.25, 0.3) is 0 Å². The molecule has 0 aromatic carbocycles. The lowest BCUT2D eigenvalue weighted by Gasteiger charge is -2.18. The summed E-state index contributed by atoms with van der Waals surface area (Å²) in [4.78, 5) is 38.3. The van der Waals surface area contributed by atoms with Gasteiger partial charge in [-0.05, 0) is 122 Å². The van der Waals surface area contributed by atoms with Crippen LogP contribution in [0.3, 0.4) is 0 Å². The Morgan fingerprint density at radius 1 is 0.266 bits per heavy atom. The minimum Gasteiger partial charge on any atom is -0.462 e.